The Morgan fingerprint density at radius 1 is 1.07 bits per heavy atom. The van der Waals surface area contributed by atoms with Gasteiger partial charge >= 0.3 is 0 Å². The number of imide groups is 1. The highest BCUT2D eigenvalue weighted by atomic mass is 35.5. The molecule has 0 fully saturated rings. The van der Waals surface area contributed by atoms with E-state index >= 15 is 0 Å². The van der Waals surface area contributed by atoms with Gasteiger partial charge in [-0.3, -0.25) is 14.4 Å². The highest BCUT2D eigenvalue weighted by molar-refractivity contribution is 6.47. The van der Waals surface area contributed by atoms with Gasteiger partial charge in [-0.15, -0.1) is 0 Å². The maximum atomic E-state index is 13.2. The van der Waals surface area contributed by atoms with Gasteiger partial charge in [0.2, 0.25) is 0 Å². The van der Waals surface area contributed by atoms with Gasteiger partial charge in [0.25, 0.3) is 11.8 Å². The van der Waals surface area contributed by atoms with Crippen LogP contribution in [0, 0.1) is 0 Å². The molecule has 0 radical (unpaired) electrons. The van der Waals surface area contributed by atoms with Gasteiger partial charge in [-0.05, 0) is 30.5 Å². The van der Waals surface area contributed by atoms with E-state index in [-0.39, 0.29) is 21.5 Å². The fourth-order valence-corrected chi connectivity index (χ4v) is 4.21. The van der Waals surface area contributed by atoms with Crippen LogP contribution in [0.2, 0.25) is 10.0 Å². The molecule has 1 aliphatic carbocycles. The standard InChI is InChI=1S/C20H13Cl2NO4/c1-20(11-5-3-2-4-6-11)9-10-7-12(16(21)17(22)15(10)18(20)26)23-14(25)8-13(24)19(23)27/h2-8,24H,9H2,1H3. The number of halogens is 2. The predicted molar refractivity (Wildman–Crippen MR) is 101 cm³/mol. The second kappa shape index (κ2) is 5.94. The lowest BCUT2D eigenvalue weighted by Gasteiger charge is -2.22. The molecule has 1 N–H and O–H groups in total. The second-order valence-corrected chi connectivity index (χ2v) is 7.53. The number of carbonyl (C=O) groups is 3. The Labute approximate surface area is 164 Å². The summed E-state index contributed by atoms with van der Waals surface area (Å²) in [5, 5.41) is 9.47. The van der Waals surface area contributed by atoms with Crippen molar-refractivity contribution in [1.82, 2.24) is 0 Å². The number of nitrogens with zero attached hydrogens (tertiary/aromatic N) is 1. The third-order valence-electron chi connectivity index (χ3n) is 5.10. The van der Waals surface area contributed by atoms with E-state index in [1.165, 1.54) is 6.07 Å². The molecular formula is C20H13Cl2NO4. The van der Waals surface area contributed by atoms with E-state index in [0.29, 0.717) is 17.5 Å². The van der Waals surface area contributed by atoms with Gasteiger partial charge in [0.15, 0.2) is 11.5 Å². The summed E-state index contributed by atoms with van der Waals surface area (Å²) in [5.41, 5.74) is 0.971. The van der Waals surface area contributed by atoms with Crippen LogP contribution in [0.25, 0.3) is 0 Å². The molecule has 0 spiro atoms. The molecule has 2 aromatic carbocycles. The lowest BCUT2D eigenvalue weighted by atomic mass is 9.79. The van der Waals surface area contributed by atoms with E-state index in [1.54, 1.807) is 0 Å². The van der Waals surface area contributed by atoms with Crippen LogP contribution in [0.1, 0.15) is 28.4 Å². The number of fused-ring (bicyclic) bond motifs is 1. The topological polar surface area (TPSA) is 74.7 Å². The maximum Gasteiger partial charge on any atom is 0.300 e. The molecular weight excluding hydrogens is 389 g/mol. The molecule has 1 atom stereocenters. The third-order valence-corrected chi connectivity index (χ3v) is 5.95. The van der Waals surface area contributed by atoms with Crippen molar-refractivity contribution < 1.29 is 19.5 Å². The number of hydrogen-bond donors (Lipinski definition) is 1. The second-order valence-electron chi connectivity index (χ2n) is 6.77. The summed E-state index contributed by atoms with van der Waals surface area (Å²) in [6.07, 6.45) is 1.17. The van der Waals surface area contributed by atoms with E-state index in [2.05, 4.69) is 0 Å². The summed E-state index contributed by atoms with van der Waals surface area (Å²) in [6.45, 7) is 1.83. The average Bonchev–Trinajstić information content (AvgIpc) is 3.05. The van der Waals surface area contributed by atoms with Crippen LogP contribution >= 0.6 is 23.2 Å². The van der Waals surface area contributed by atoms with Gasteiger partial charge in [-0.25, -0.2) is 4.90 Å². The Hall–Kier alpha value is -2.63. The van der Waals surface area contributed by atoms with E-state index in [4.69, 9.17) is 23.2 Å². The van der Waals surface area contributed by atoms with Crippen LogP contribution in [0.5, 0.6) is 0 Å². The van der Waals surface area contributed by atoms with Gasteiger partial charge in [0, 0.05) is 5.56 Å². The molecule has 0 saturated heterocycles. The molecule has 2 aromatic rings. The number of anilines is 1. The zero-order chi connectivity index (χ0) is 19.5. The first-order chi connectivity index (χ1) is 12.8. The lowest BCUT2D eigenvalue weighted by molar-refractivity contribution is -0.121. The van der Waals surface area contributed by atoms with Gasteiger partial charge in [0.1, 0.15) is 0 Å². The number of Topliss-reactive ketones (excluding diaryl/α,β-unsaturated/α-hetero) is 1. The zero-order valence-corrected chi connectivity index (χ0v) is 15.6. The van der Waals surface area contributed by atoms with Crippen molar-refractivity contribution in [2.24, 2.45) is 0 Å². The third kappa shape index (κ3) is 2.42. The highest BCUT2D eigenvalue weighted by Crippen LogP contribution is 2.47. The summed E-state index contributed by atoms with van der Waals surface area (Å²) in [7, 11) is 0. The molecule has 2 amide bonds. The van der Waals surface area contributed by atoms with Gasteiger partial charge in [-0.2, -0.15) is 0 Å². The van der Waals surface area contributed by atoms with Crippen LogP contribution < -0.4 is 4.90 Å². The van der Waals surface area contributed by atoms with Crippen LogP contribution in [0.4, 0.5) is 5.69 Å². The van der Waals surface area contributed by atoms with Crippen LogP contribution in [0.15, 0.2) is 48.2 Å². The number of rotatable bonds is 2. The molecule has 7 heteroatoms. The molecule has 136 valence electrons. The molecule has 27 heavy (non-hydrogen) atoms. The predicted octanol–water partition coefficient (Wildman–Crippen LogP) is 4.01. The van der Waals surface area contributed by atoms with Crippen molar-refractivity contribution in [2.45, 2.75) is 18.8 Å². The van der Waals surface area contributed by atoms with Crippen molar-refractivity contribution in [3.8, 4) is 0 Å². The van der Waals surface area contributed by atoms with Crippen molar-refractivity contribution in [1.29, 1.82) is 0 Å². The minimum Gasteiger partial charge on any atom is -0.503 e. The molecule has 0 aromatic heterocycles. The fraction of sp³-hybridized carbons (Fsp3) is 0.150. The fourth-order valence-electron chi connectivity index (χ4n) is 3.67. The van der Waals surface area contributed by atoms with Crippen LogP contribution in [-0.2, 0) is 21.4 Å². The molecule has 0 saturated carbocycles. The minimum absolute atomic E-state index is 0.000752. The number of ketones is 1. The molecule has 1 aliphatic heterocycles. The molecule has 4 rings (SSSR count). The SMILES string of the molecule is CC1(c2ccccc2)Cc2cc(N3C(=O)C=C(O)C3=O)c(Cl)c(Cl)c2C1=O. The van der Waals surface area contributed by atoms with E-state index in [1.807, 2.05) is 37.3 Å². The van der Waals surface area contributed by atoms with E-state index in [0.717, 1.165) is 16.5 Å². The van der Waals surface area contributed by atoms with Crippen molar-refractivity contribution in [3.05, 3.63) is 75.0 Å². The first kappa shape index (κ1) is 17.8. The molecule has 1 heterocycles. The molecule has 5 nitrogen and oxygen atoms in total. The van der Waals surface area contributed by atoms with Gasteiger partial charge in [0.05, 0.1) is 27.2 Å². The number of hydrogen-bond acceptors (Lipinski definition) is 4. The summed E-state index contributed by atoms with van der Waals surface area (Å²) in [5.74, 6) is -2.43. The smallest absolute Gasteiger partial charge is 0.300 e. The summed E-state index contributed by atoms with van der Waals surface area (Å²) < 4.78 is 0. The average molecular weight is 402 g/mol. The summed E-state index contributed by atoms with van der Waals surface area (Å²) in [4.78, 5) is 38.1. The number of benzene rings is 2. The van der Waals surface area contributed by atoms with Gasteiger partial charge in [-0.1, -0.05) is 53.5 Å². The Kier molecular flexibility index (Phi) is 3.91. The van der Waals surface area contributed by atoms with Crippen molar-refractivity contribution in [2.75, 3.05) is 4.90 Å². The Bertz CT molecular complexity index is 1060. The first-order valence-electron chi connectivity index (χ1n) is 8.16. The van der Waals surface area contributed by atoms with Crippen molar-refractivity contribution >= 4 is 46.5 Å². The highest BCUT2D eigenvalue weighted by Gasteiger charge is 2.46. The summed E-state index contributed by atoms with van der Waals surface area (Å²) in [6, 6.07) is 10.8. The quantitative estimate of drug-likeness (QED) is 0.771. The van der Waals surface area contributed by atoms with Crippen LogP contribution in [-0.4, -0.2) is 22.7 Å². The Morgan fingerprint density at radius 2 is 1.74 bits per heavy atom. The number of carbonyl (C=O) groups excluding carboxylic acids is 3. The molecule has 2 aliphatic rings. The van der Waals surface area contributed by atoms with Crippen LogP contribution in [0.3, 0.4) is 0 Å². The minimum atomic E-state index is -0.881. The largest absolute Gasteiger partial charge is 0.503 e. The number of aliphatic hydroxyl groups excluding tert-OH is 1. The number of aliphatic hydroxyl groups is 1. The van der Waals surface area contributed by atoms with E-state index in [9.17, 15) is 19.5 Å². The Balaban J connectivity index is 1.86. The monoisotopic (exact) mass is 401 g/mol. The number of amides is 2. The van der Waals surface area contributed by atoms with E-state index < -0.39 is 23.0 Å². The molecule has 0 bridgehead atoms. The summed E-state index contributed by atoms with van der Waals surface area (Å²) >= 11 is 12.7. The Morgan fingerprint density at radius 3 is 2.33 bits per heavy atom. The molecule has 1 unspecified atom stereocenters. The van der Waals surface area contributed by atoms with Crippen molar-refractivity contribution in [3.63, 3.8) is 0 Å². The van der Waals surface area contributed by atoms with Gasteiger partial charge < -0.3 is 5.11 Å². The maximum absolute atomic E-state index is 13.2. The lowest BCUT2D eigenvalue weighted by Crippen LogP contribution is -2.31. The first-order valence-corrected chi connectivity index (χ1v) is 8.91. The normalized spacial score (nSPS) is 21.7. The zero-order valence-electron chi connectivity index (χ0n) is 14.1.